The average molecular weight is 294 g/mol. The largest absolute Gasteiger partial charge is 0.597 e. The molecular weight excluding hydrogens is 271 g/mol. The van der Waals surface area contributed by atoms with Crippen molar-refractivity contribution in [2.24, 2.45) is 0 Å². The van der Waals surface area contributed by atoms with Gasteiger partial charge in [-0.3, -0.25) is 4.98 Å². The fraction of sp³-hybridized carbons (Fsp3) is 0.643. The number of nitrogens with zero attached hydrogens (tertiary/aromatic N) is 2. The minimum absolute atomic E-state index is 0.0757. The molecule has 2 atom stereocenters. The molecule has 0 amide bonds. The third kappa shape index (κ3) is 3.90. The lowest BCUT2D eigenvalue weighted by Crippen LogP contribution is -2.44. The summed E-state index contributed by atoms with van der Waals surface area (Å²) in [5, 5.41) is 0. The van der Waals surface area contributed by atoms with E-state index >= 15 is 0 Å². The first-order chi connectivity index (χ1) is 9.22. The molecule has 6 heteroatoms. The van der Waals surface area contributed by atoms with Crippen LogP contribution in [-0.2, 0) is 11.4 Å². The van der Waals surface area contributed by atoms with E-state index in [9.17, 15) is 4.55 Å². The van der Waals surface area contributed by atoms with Crippen molar-refractivity contribution >= 4 is 24.7 Å². The maximum absolute atomic E-state index is 12.6. The number of ether oxygens (including phenoxy) is 1. The molecule has 20 heavy (non-hydrogen) atoms. The molecule has 2 radical (unpaired) electrons. The SMILES string of the molecule is [B]c1cc([C@@H](C)N(CC)[S+]([O-])C(C)(C)C)ncc1OC. The lowest BCUT2D eigenvalue weighted by atomic mass is 9.94. The first kappa shape index (κ1) is 17.3. The van der Waals surface area contributed by atoms with Gasteiger partial charge in [-0.05, 0) is 40.7 Å². The van der Waals surface area contributed by atoms with E-state index in [1.165, 1.54) is 0 Å². The van der Waals surface area contributed by atoms with Gasteiger partial charge in [-0.1, -0.05) is 5.46 Å². The van der Waals surface area contributed by atoms with Crippen LogP contribution in [0, 0.1) is 0 Å². The molecule has 0 aromatic carbocycles. The molecule has 0 bridgehead atoms. The first-order valence-electron chi connectivity index (χ1n) is 6.70. The van der Waals surface area contributed by atoms with E-state index in [1.54, 1.807) is 19.4 Å². The van der Waals surface area contributed by atoms with Gasteiger partial charge < -0.3 is 9.29 Å². The predicted octanol–water partition coefficient (Wildman–Crippen LogP) is 1.73. The molecular formula is C14H23BN2O2S. The second-order valence-corrected chi connectivity index (χ2v) is 7.81. The van der Waals surface area contributed by atoms with E-state index in [2.05, 4.69) is 4.98 Å². The summed E-state index contributed by atoms with van der Waals surface area (Å²) in [6, 6.07) is 1.71. The molecule has 0 saturated heterocycles. The molecule has 110 valence electrons. The van der Waals surface area contributed by atoms with Crippen LogP contribution in [0.15, 0.2) is 12.3 Å². The Bertz CT molecular complexity index is 451. The van der Waals surface area contributed by atoms with Crippen molar-refractivity contribution in [3.63, 3.8) is 0 Å². The number of rotatable bonds is 5. The van der Waals surface area contributed by atoms with Crippen molar-refractivity contribution in [2.75, 3.05) is 13.7 Å². The van der Waals surface area contributed by atoms with Crippen molar-refractivity contribution in [1.29, 1.82) is 0 Å². The summed E-state index contributed by atoms with van der Waals surface area (Å²) in [6.07, 6.45) is 1.61. The molecule has 0 spiro atoms. The summed E-state index contributed by atoms with van der Waals surface area (Å²) in [5.41, 5.74) is 1.34. The Labute approximate surface area is 126 Å². The lowest BCUT2D eigenvalue weighted by Gasteiger charge is -2.35. The topological polar surface area (TPSA) is 48.4 Å². The normalized spacial score (nSPS) is 15.2. The van der Waals surface area contributed by atoms with E-state index < -0.39 is 11.4 Å². The van der Waals surface area contributed by atoms with Gasteiger partial charge in [0.25, 0.3) is 0 Å². The number of pyridine rings is 1. The summed E-state index contributed by atoms with van der Waals surface area (Å²) in [4.78, 5) is 4.36. The smallest absolute Gasteiger partial charge is 0.137 e. The van der Waals surface area contributed by atoms with Crippen LogP contribution in [0.25, 0.3) is 0 Å². The molecule has 4 nitrogen and oxygen atoms in total. The van der Waals surface area contributed by atoms with Gasteiger partial charge in [0.05, 0.1) is 25.0 Å². The highest BCUT2D eigenvalue weighted by Gasteiger charge is 2.36. The van der Waals surface area contributed by atoms with Crippen LogP contribution >= 0.6 is 0 Å². The Balaban J connectivity index is 3.02. The fourth-order valence-corrected chi connectivity index (χ4v) is 3.24. The van der Waals surface area contributed by atoms with Gasteiger partial charge in [0.15, 0.2) is 0 Å². The zero-order valence-electron chi connectivity index (χ0n) is 13.1. The zero-order chi connectivity index (χ0) is 15.5. The lowest BCUT2D eigenvalue weighted by molar-refractivity contribution is 0.339. The van der Waals surface area contributed by atoms with Crippen LogP contribution in [0.5, 0.6) is 5.75 Å². The van der Waals surface area contributed by atoms with E-state index in [-0.39, 0.29) is 10.8 Å². The summed E-state index contributed by atoms with van der Waals surface area (Å²) in [5.74, 6) is 0.556. The van der Waals surface area contributed by atoms with Crippen molar-refractivity contribution in [1.82, 2.24) is 9.29 Å². The minimum atomic E-state index is -1.10. The van der Waals surface area contributed by atoms with E-state index in [1.807, 2.05) is 38.9 Å². The average Bonchev–Trinajstić information content (AvgIpc) is 2.38. The molecule has 1 aromatic heterocycles. The molecule has 1 unspecified atom stereocenters. The first-order valence-corrected chi connectivity index (χ1v) is 7.81. The van der Waals surface area contributed by atoms with Crippen LogP contribution in [0.1, 0.15) is 46.4 Å². The zero-order valence-corrected chi connectivity index (χ0v) is 14.0. The number of hydrogen-bond donors (Lipinski definition) is 0. The maximum atomic E-state index is 12.6. The molecule has 0 aliphatic heterocycles. The van der Waals surface area contributed by atoms with Crippen LogP contribution < -0.4 is 10.2 Å². The van der Waals surface area contributed by atoms with Crippen molar-refractivity contribution < 1.29 is 9.29 Å². The highest BCUT2D eigenvalue weighted by atomic mass is 32.2. The molecule has 0 saturated carbocycles. The molecule has 1 heterocycles. The second kappa shape index (κ2) is 6.83. The predicted molar refractivity (Wildman–Crippen MR) is 84.9 cm³/mol. The Morgan fingerprint density at radius 2 is 2.10 bits per heavy atom. The van der Waals surface area contributed by atoms with Gasteiger partial charge in [0.1, 0.15) is 18.3 Å². The summed E-state index contributed by atoms with van der Waals surface area (Å²) >= 11 is -1.10. The summed E-state index contributed by atoms with van der Waals surface area (Å²) < 4.78 is 19.3. The van der Waals surface area contributed by atoms with E-state index in [0.717, 1.165) is 5.69 Å². The summed E-state index contributed by atoms with van der Waals surface area (Å²) in [6.45, 7) is 10.6. The highest BCUT2D eigenvalue weighted by Crippen LogP contribution is 2.28. The van der Waals surface area contributed by atoms with Crippen molar-refractivity contribution in [3.05, 3.63) is 18.0 Å². The quantitative estimate of drug-likeness (QED) is 0.613. The van der Waals surface area contributed by atoms with Gasteiger partial charge >= 0.3 is 0 Å². The molecule has 0 aliphatic rings. The van der Waals surface area contributed by atoms with Crippen molar-refractivity contribution in [3.8, 4) is 5.75 Å². The monoisotopic (exact) mass is 294 g/mol. The molecule has 1 rings (SSSR count). The van der Waals surface area contributed by atoms with Gasteiger partial charge in [0.2, 0.25) is 0 Å². The Morgan fingerprint density at radius 1 is 1.50 bits per heavy atom. The number of hydrogen-bond acceptors (Lipinski definition) is 4. The van der Waals surface area contributed by atoms with Gasteiger partial charge in [-0.15, -0.1) is 4.31 Å². The molecule has 0 fully saturated rings. The molecule has 0 N–H and O–H groups in total. The van der Waals surface area contributed by atoms with Crippen molar-refractivity contribution in [2.45, 2.75) is 45.4 Å². The minimum Gasteiger partial charge on any atom is -0.597 e. The third-order valence-corrected chi connectivity index (χ3v) is 5.10. The number of methoxy groups -OCH3 is 1. The standard InChI is InChI=1S/C14H23BN2O2S/c1-7-17(20(18)14(3,4)5)10(2)12-8-11(15)13(19-6)9-16-12/h8-10H,7H2,1-6H3/t10-,20?/m1/s1. The fourth-order valence-electron chi connectivity index (χ4n) is 1.91. The Kier molecular flexibility index (Phi) is 5.92. The molecule has 0 aliphatic carbocycles. The maximum Gasteiger partial charge on any atom is 0.137 e. The van der Waals surface area contributed by atoms with Crippen LogP contribution in [0.2, 0.25) is 0 Å². The Morgan fingerprint density at radius 3 is 2.50 bits per heavy atom. The van der Waals surface area contributed by atoms with Crippen LogP contribution in [-0.4, -0.2) is 40.1 Å². The van der Waals surface area contributed by atoms with E-state index in [4.69, 9.17) is 12.6 Å². The Hall–Kier alpha value is -0.715. The number of aromatic nitrogens is 1. The molecule has 1 aromatic rings. The van der Waals surface area contributed by atoms with E-state index in [0.29, 0.717) is 17.8 Å². The van der Waals surface area contributed by atoms with Gasteiger partial charge in [-0.25, -0.2) is 0 Å². The highest BCUT2D eigenvalue weighted by molar-refractivity contribution is 7.90. The van der Waals surface area contributed by atoms with Gasteiger partial charge in [0, 0.05) is 17.9 Å². The van der Waals surface area contributed by atoms with Crippen LogP contribution in [0.3, 0.4) is 0 Å². The van der Waals surface area contributed by atoms with Crippen LogP contribution in [0.4, 0.5) is 0 Å². The second-order valence-electron chi connectivity index (χ2n) is 5.62. The van der Waals surface area contributed by atoms with Gasteiger partial charge in [-0.2, -0.15) is 0 Å². The summed E-state index contributed by atoms with van der Waals surface area (Å²) in [7, 11) is 7.47. The third-order valence-electron chi connectivity index (χ3n) is 3.05.